The minimum atomic E-state index is -0.245. The highest BCUT2D eigenvalue weighted by Crippen LogP contribution is 2.23. The first kappa shape index (κ1) is 32.9. The molecule has 13 heteroatoms. The number of amides is 1. The van der Waals surface area contributed by atoms with Crippen molar-refractivity contribution in [3.8, 4) is 5.75 Å². The lowest BCUT2D eigenvalue weighted by Gasteiger charge is -2.26. The Morgan fingerprint density at radius 2 is 1.52 bits per heavy atom. The van der Waals surface area contributed by atoms with Crippen LogP contribution in [0.5, 0.6) is 5.75 Å². The number of rotatable bonds is 18. The summed E-state index contributed by atoms with van der Waals surface area (Å²) in [5, 5.41) is 22.7. The molecule has 0 saturated heterocycles. The van der Waals surface area contributed by atoms with Crippen LogP contribution in [0.4, 0.5) is 23.5 Å². The van der Waals surface area contributed by atoms with Crippen molar-refractivity contribution in [2.24, 2.45) is 5.73 Å². The van der Waals surface area contributed by atoms with Crippen LogP contribution < -0.4 is 31.7 Å². The minimum Gasteiger partial charge on any atom is -0.497 e. The van der Waals surface area contributed by atoms with Gasteiger partial charge in [0.15, 0.2) is 0 Å². The summed E-state index contributed by atoms with van der Waals surface area (Å²) in [5.74, 6) is 1.99. The van der Waals surface area contributed by atoms with Gasteiger partial charge in [-0.15, -0.1) is 0 Å². The van der Waals surface area contributed by atoms with E-state index in [1.165, 1.54) is 0 Å². The maximum absolute atomic E-state index is 12.3. The standard InChI is InChI=1S/C31H44N8O5/c1-42-27-12-4-23(5-13-27)21-34-29-37-30(39-31(38-29)36-25-8-10-26(40)11-9-25)35-24-6-2-22(3-7-24)20-28(41)33-15-17-44-19-18-43-16-14-32/h2-7,12-13,25-26,40H,8-11,14-21,32H2,1H3,(H,33,41)(H3,34,35,36,37,38,39). The van der Waals surface area contributed by atoms with Gasteiger partial charge in [0.25, 0.3) is 0 Å². The molecule has 0 spiro atoms. The number of nitrogens with two attached hydrogens (primary N) is 1. The molecule has 0 bridgehead atoms. The zero-order chi connectivity index (χ0) is 31.0. The van der Waals surface area contributed by atoms with Crippen molar-refractivity contribution in [1.29, 1.82) is 0 Å². The van der Waals surface area contributed by atoms with E-state index in [2.05, 4.69) is 36.2 Å². The Balaban J connectivity index is 1.32. The van der Waals surface area contributed by atoms with E-state index in [0.717, 1.165) is 48.2 Å². The van der Waals surface area contributed by atoms with Gasteiger partial charge < -0.3 is 46.3 Å². The summed E-state index contributed by atoms with van der Waals surface area (Å²) in [6.07, 6.45) is 3.20. The highest BCUT2D eigenvalue weighted by Gasteiger charge is 2.20. The summed E-state index contributed by atoms with van der Waals surface area (Å²) in [6.45, 7) is 3.33. The van der Waals surface area contributed by atoms with Crippen molar-refractivity contribution in [1.82, 2.24) is 20.3 Å². The number of aliphatic hydroxyl groups excluding tert-OH is 1. The number of methoxy groups -OCH3 is 1. The zero-order valence-electron chi connectivity index (χ0n) is 25.3. The van der Waals surface area contributed by atoms with Gasteiger partial charge in [-0.3, -0.25) is 4.79 Å². The Labute approximate surface area is 258 Å². The largest absolute Gasteiger partial charge is 0.497 e. The number of carbonyl (C=O) groups excluding carboxylic acids is 1. The van der Waals surface area contributed by atoms with Crippen LogP contribution in [-0.2, 0) is 27.2 Å². The molecule has 0 atom stereocenters. The molecule has 3 aromatic rings. The molecule has 1 aliphatic carbocycles. The van der Waals surface area contributed by atoms with E-state index in [4.69, 9.17) is 19.9 Å². The second kappa shape index (κ2) is 17.9. The van der Waals surface area contributed by atoms with Crippen molar-refractivity contribution in [2.45, 2.75) is 50.8 Å². The monoisotopic (exact) mass is 608 g/mol. The number of ether oxygens (including phenoxy) is 3. The Morgan fingerprint density at radius 1 is 0.864 bits per heavy atom. The van der Waals surface area contributed by atoms with Crippen LogP contribution in [0.15, 0.2) is 48.5 Å². The molecule has 1 amide bonds. The van der Waals surface area contributed by atoms with E-state index >= 15 is 0 Å². The van der Waals surface area contributed by atoms with Gasteiger partial charge in [0, 0.05) is 31.4 Å². The molecular formula is C31H44N8O5. The number of aromatic nitrogens is 3. The molecule has 4 rings (SSSR count). The van der Waals surface area contributed by atoms with Crippen LogP contribution in [-0.4, -0.2) is 84.7 Å². The SMILES string of the molecule is COc1ccc(CNc2nc(Nc3ccc(CC(=O)NCCOCCOCCN)cc3)nc(NC3CCC(O)CC3)n2)cc1. The first-order chi connectivity index (χ1) is 21.5. The third kappa shape index (κ3) is 11.6. The molecule has 1 saturated carbocycles. The topological polar surface area (TPSA) is 178 Å². The van der Waals surface area contributed by atoms with E-state index in [9.17, 15) is 9.90 Å². The Bertz CT molecular complexity index is 1270. The number of nitrogens with one attached hydrogen (secondary N) is 4. The van der Waals surface area contributed by atoms with Crippen LogP contribution >= 0.6 is 0 Å². The second-order valence-corrected chi connectivity index (χ2v) is 10.5. The average Bonchev–Trinajstić information content (AvgIpc) is 3.03. The third-order valence-corrected chi connectivity index (χ3v) is 7.05. The fraction of sp³-hybridized carbons (Fsp3) is 0.484. The molecule has 2 aromatic carbocycles. The van der Waals surface area contributed by atoms with E-state index < -0.39 is 0 Å². The summed E-state index contributed by atoms with van der Waals surface area (Å²) in [5.41, 5.74) is 8.08. The van der Waals surface area contributed by atoms with Crippen molar-refractivity contribution in [2.75, 3.05) is 62.6 Å². The quantitative estimate of drug-likeness (QED) is 0.117. The van der Waals surface area contributed by atoms with Crippen molar-refractivity contribution in [3.05, 3.63) is 59.7 Å². The predicted molar refractivity (Wildman–Crippen MR) is 169 cm³/mol. The van der Waals surface area contributed by atoms with Gasteiger partial charge in [-0.05, 0) is 61.1 Å². The number of aliphatic hydroxyl groups is 1. The summed E-state index contributed by atoms with van der Waals surface area (Å²) in [6, 6.07) is 15.5. The fourth-order valence-electron chi connectivity index (χ4n) is 4.65. The Hall–Kier alpha value is -4.04. The zero-order valence-corrected chi connectivity index (χ0v) is 25.3. The van der Waals surface area contributed by atoms with Gasteiger partial charge in [0.1, 0.15) is 5.75 Å². The van der Waals surface area contributed by atoms with Crippen molar-refractivity contribution < 1.29 is 24.1 Å². The first-order valence-electron chi connectivity index (χ1n) is 15.1. The summed E-state index contributed by atoms with van der Waals surface area (Å²) in [4.78, 5) is 26.1. The van der Waals surface area contributed by atoms with Crippen molar-refractivity contribution in [3.63, 3.8) is 0 Å². The van der Waals surface area contributed by atoms with Crippen LogP contribution in [0.25, 0.3) is 0 Å². The molecule has 44 heavy (non-hydrogen) atoms. The molecule has 1 aliphatic rings. The normalized spacial score (nSPS) is 16.2. The number of benzene rings is 2. The fourth-order valence-corrected chi connectivity index (χ4v) is 4.65. The average molecular weight is 609 g/mol. The minimum absolute atomic E-state index is 0.0790. The molecule has 238 valence electrons. The van der Waals surface area contributed by atoms with E-state index in [1.807, 2.05) is 48.5 Å². The molecule has 1 fully saturated rings. The van der Waals surface area contributed by atoms with Gasteiger partial charge in [-0.1, -0.05) is 24.3 Å². The summed E-state index contributed by atoms with van der Waals surface area (Å²) >= 11 is 0. The Morgan fingerprint density at radius 3 is 2.23 bits per heavy atom. The number of anilines is 4. The predicted octanol–water partition coefficient (Wildman–Crippen LogP) is 2.60. The molecule has 1 heterocycles. The van der Waals surface area contributed by atoms with Crippen LogP contribution in [0, 0.1) is 0 Å². The number of hydrogen-bond donors (Lipinski definition) is 6. The lowest BCUT2D eigenvalue weighted by Crippen LogP contribution is -2.29. The number of hydrogen-bond acceptors (Lipinski definition) is 12. The van der Waals surface area contributed by atoms with Gasteiger partial charge in [-0.25, -0.2) is 0 Å². The maximum Gasteiger partial charge on any atom is 0.233 e. The lowest BCUT2D eigenvalue weighted by molar-refractivity contribution is -0.120. The Kier molecular flexibility index (Phi) is 13.4. The van der Waals surface area contributed by atoms with Gasteiger partial charge >= 0.3 is 0 Å². The molecule has 0 radical (unpaired) electrons. The second-order valence-electron chi connectivity index (χ2n) is 10.5. The van der Waals surface area contributed by atoms with E-state index in [-0.39, 0.29) is 24.5 Å². The molecule has 0 aliphatic heterocycles. The highest BCUT2D eigenvalue weighted by atomic mass is 16.5. The lowest BCUT2D eigenvalue weighted by atomic mass is 9.93. The van der Waals surface area contributed by atoms with Gasteiger partial charge in [-0.2, -0.15) is 15.0 Å². The summed E-state index contributed by atoms with van der Waals surface area (Å²) in [7, 11) is 1.64. The maximum atomic E-state index is 12.3. The van der Waals surface area contributed by atoms with Crippen molar-refractivity contribution >= 4 is 29.4 Å². The van der Waals surface area contributed by atoms with Gasteiger partial charge in [0.2, 0.25) is 23.8 Å². The summed E-state index contributed by atoms with van der Waals surface area (Å²) < 4.78 is 15.9. The molecular weight excluding hydrogens is 564 g/mol. The third-order valence-electron chi connectivity index (χ3n) is 7.05. The van der Waals surface area contributed by atoms with Crippen LogP contribution in [0.3, 0.4) is 0 Å². The van der Waals surface area contributed by atoms with Gasteiger partial charge in [0.05, 0.1) is 46.1 Å². The van der Waals surface area contributed by atoms with E-state index in [1.54, 1.807) is 7.11 Å². The number of carbonyl (C=O) groups is 1. The van der Waals surface area contributed by atoms with Crippen LogP contribution in [0.2, 0.25) is 0 Å². The molecule has 7 N–H and O–H groups in total. The van der Waals surface area contributed by atoms with E-state index in [0.29, 0.717) is 63.9 Å². The van der Waals surface area contributed by atoms with Crippen LogP contribution in [0.1, 0.15) is 36.8 Å². The first-order valence-corrected chi connectivity index (χ1v) is 15.1. The number of nitrogens with zero attached hydrogens (tertiary/aromatic N) is 3. The molecule has 13 nitrogen and oxygen atoms in total. The molecule has 0 unspecified atom stereocenters. The highest BCUT2D eigenvalue weighted by molar-refractivity contribution is 5.78. The smallest absolute Gasteiger partial charge is 0.233 e. The molecule has 1 aromatic heterocycles.